The Balaban J connectivity index is 0.00000196. The van der Waals surface area contributed by atoms with Gasteiger partial charge in [-0.1, -0.05) is 0 Å². The number of alkyl halides is 3. The third-order valence-corrected chi connectivity index (χ3v) is 5.86. The van der Waals surface area contributed by atoms with Gasteiger partial charge in [0.1, 0.15) is 0 Å². The van der Waals surface area contributed by atoms with E-state index in [0.29, 0.717) is 5.69 Å². The molecule has 10 heteroatoms. The molecule has 1 unspecified atom stereocenters. The number of thioether (sulfide) groups is 1. The lowest BCUT2D eigenvalue weighted by Gasteiger charge is -2.31. The van der Waals surface area contributed by atoms with Crippen LogP contribution in [-0.4, -0.2) is 43.1 Å². The topological polar surface area (TPSA) is 44.4 Å². The monoisotopic (exact) mass is 459 g/mol. The van der Waals surface area contributed by atoms with Crippen molar-refractivity contribution in [1.29, 1.82) is 0 Å². The van der Waals surface area contributed by atoms with Crippen LogP contribution in [0.3, 0.4) is 0 Å². The van der Waals surface area contributed by atoms with E-state index in [9.17, 15) is 18.0 Å². The fourth-order valence-corrected chi connectivity index (χ4v) is 4.35. The second-order valence-electron chi connectivity index (χ2n) is 6.76. The van der Waals surface area contributed by atoms with Crippen LogP contribution in [-0.2, 0) is 11.0 Å². The molecule has 0 saturated carbocycles. The maximum Gasteiger partial charge on any atom is 0.416 e. The maximum atomic E-state index is 13.1. The molecule has 28 heavy (non-hydrogen) atoms. The van der Waals surface area contributed by atoms with Crippen LogP contribution in [0.2, 0.25) is 0 Å². The highest BCUT2D eigenvalue weighted by Gasteiger charge is 2.32. The zero-order valence-electron chi connectivity index (χ0n) is 15.4. The third-order valence-electron chi connectivity index (χ3n) is 4.72. The zero-order chi connectivity index (χ0) is 18.6. The van der Waals surface area contributed by atoms with Crippen LogP contribution in [0, 0.1) is 0 Å². The second-order valence-corrected chi connectivity index (χ2v) is 7.91. The summed E-state index contributed by atoms with van der Waals surface area (Å²) in [6, 6.07) is 3.71. The Kier molecular flexibility index (Phi) is 10.2. The Morgan fingerprint density at radius 3 is 2.54 bits per heavy atom. The Morgan fingerprint density at radius 2 is 1.93 bits per heavy atom. The van der Waals surface area contributed by atoms with Crippen molar-refractivity contribution in [2.45, 2.75) is 37.9 Å². The zero-order valence-corrected chi connectivity index (χ0v) is 17.8. The number of carbonyl (C=O) groups is 1. The van der Waals surface area contributed by atoms with Crippen molar-refractivity contribution in [3.05, 3.63) is 23.8 Å². The van der Waals surface area contributed by atoms with Crippen LogP contribution in [0.25, 0.3) is 0 Å². The van der Waals surface area contributed by atoms with Crippen LogP contribution >= 0.6 is 36.6 Å². The number of amides is 1. The van der Waals surface area contributed by atoms with Gasteiger partial charge < -0.3 is 15.5 Å². The van der Waals surface area contributed by atoms with E-state index < -0.39 is 11.7 Å². The molecule has 2 saturated heterocycles. The number of hydrogen-bond acceptors (Lipinski definition) is 4. The van der Waals surface area contributed by atoms with Gasteiger partial charge in [-0.15, -0.1) is 24.8 Å². The number of rotatable bonds is 4. The molecule has 0 aromatic heterocycles. The molecule has 2 heterocycles. The average molecular weight is 460 g/mol. The van der Waals surface area contributed by atoms with Crippen LogP contribution in [0.15, 0.2) is 18.2 Å². The summed E-state index contributed by atoms with van der Waals surface area (Å²) in [5.74, 6) is 1.61. The van der Waals surface area contributed by atoms with Gasteiger partial charge in [-0.2, -0.15) is 24.9 Å². The highest BCUT2D eigenvalue weighted by atomic mass is 35.5. The van der Waals surface area contributed by atoms with E-state index in [1.54, 1.807) is 11.8 Å². The van der Waals surface area contributed by atoms with Crippen molar-refractivity contribution in [3.8, 4) is 0 Å². The van der Waals surface area contributed by atoms with E-state index in [-0.39, 0.29) is 48.9 Å². The Hall–Kier alpha value is -0.830. The lowest BCUT2D eigenvalue weighted by atomic mass is 10.1. The van der Waals surface area contributed by atoms with Gasteiger partial charge in [0.25, 0.3) is 0 Å². The van der Waals surface area contributed by atoms with E-state index in [2.05, 4.69) is 15.5 Å². The van der Waals surface area contributed by atoms with E-state index in [1.807, 2.05) is 0 Å². The van der Waals surface area contributed by atoms with Crippen molar-refractivity contribution >= 4 is 53.9 Å². The van der Waals surface area contributed by atoms with Gasteiger partial charge in [0.05, 0.1) is 16.9 Å². The van der Waals surface area contributed by atoms with Gasteiger partial charge >= 0.3 is 6.18 Å². The smallest absolute Gasteiger partial charge is 0.370 e. The summed E-state index contributed by atoms with van der Waals surface area (Å²) < 4.78 is 39.3. The summed E-state index contributed by atoms with van der Waals surface area (Å²) in [7, 11) is 0. The molecule has 2 aliphatic heterocycles. The average Bonchev–Trinajstić information content (AvgIpc) is 2.62. The molecular weight excluding hydrogens is 434 g/mol. The fourth-order valence-electron chi connectivity index (χ4n) is 3.40. The van der Waals surface area contributed by atoms with Crippen molar-refractivity contribution < 1.29 is 18.0 Å². The lowest BCUT2D eigenvalue weighted by Crippen LogP contribution is -2.40. The molecule has 2 N–H and O–H groups in total. The van der Waals surface area contributed by atoms with Gasteiger partial charge in [-0.3, -0.25) is 4.79 Å². The van der Waals surface area contributed by atoms with Crippen molar-refractivity contribution in [3.63, 3.8) is 0 Å². The molecule has 0 bridgehead atoms. The summed E-state index contributed by atoms with van der Waals surface area (Å²) >= 11 is 1.78. The molecule has 0 spiro atoms. The maximum absolute atomic E-state index is 13.1. The number of nitrogens with zero attached hydrogens (tertiary/aromatic N) is 1. The molecular formula is C18H26Cl2F3N3OS. The van der Waals surface area contributed by atoms with Crippen LogP contribution in [0.1, 0.15) is 31.2 Å². The summed E-state index contributed by atoms with van der Waals surface area (Å²) in [6.07, 6.45) is -1.01. The van der Waals surface area contributed by atoms with E-state index >= 15 is 0 Å². The number of hydrogen-bond donors (Lipinski definition) is 2. The van der Waals surface area contributed by atoms with Gasteiger partial charge in [0, 0.05) is 43.6 Å². The summed E-state index contributed by atoms with van der Waals surface area (Å²) in [5.41, 5.74) is 0.201. The summed E-state index contributed by atoms with van der Waals surface area (Å²) in [6.45, 7) is 2.45. The Morgan fingerprint density at radius 1 is 1.21 bits per heavy atom. The van der Waals surface area contributed by atoms with Gasteiger partial charge in [-0.05, 0) is 37.5 Å². The largest absolute Gasteiger partial charge is 0.416 e. The predicted octanol–water partition coefficient (Wildman–Crippen LogP) is 4.57. The lowest BCUT2D eigenvalue weighted by molar-refractivity contribution is -0.137. The summed E-state index contributed by atoms with van der Waals surface area (Å²) in [4.78, 5) is 14.5. The van der Waals surface area contributed by atoms with Crippen molar-refractivity contribution in [2.75, 3.05) is 41.4 Å². The third kappa shape index (κ3) is 6.90. The molecule has 2 aliphatic rings. The van der Waals surface area contributed by atoms with E-state index in [4.69, 9.17) is 0 Å². The fraction of sp³-hybridized carbons (Fsp3) is 0.611. The van der Waals surface area contributed by atoms with Gasteiger partial charge in [0.2, 0.25) is 5.91 Å². The number of anilines is 2. The second kappa shape index (κ2) is 11.4. The van der Waals surface area contributed by atoms with Crippen molar-refractivity contribution in [1.82, 2.24) is 5.32 Å². The number of halogens is 5. The molecule has 0 aliphatic carbocycles. The molecule has 2 fully saturated rings. The van der Waals surface area contributed by atoms with E-state index in [1.165, 1.54) is 6.07 Å². The standard InChI is InChI=1S/C18H24F3N3OS.2ClH/c19-18(20,21)13-4-5-16(24-7-2-1-3-8-24)15(10-13)23-17(25)11-14-12-26-9-6-22-14;;/h4-5,10,14,22H,1-3,6-9,11-12H2,(H,23,25);2*1H. The molecule has 160 valence electrons. The summed E-state index contributed by atoms with van der Waals surface area (Å²) in [5, 5.41) is 6.02. The first-order valence-corrected chi connectivity index (χ1v) is 10.2. The first-order chi connectivity index (χ1) is 12.4. The van der Waals surface area contributed by atoms with Crippen molar-refractivity contribution in [2.24, 2.45) is 0 Å². The van der Waals surface area contributed by atoms with Gasteiger partial charge in [0.15, 0.2) is 0 Å². The molecule has 1 atom stereocenters. The molecule has 3 rings (SSSR count). The highest BCUT2D eigenvalue weighted by Crippen LogP contribution is 2.36. The Bertz CT molecular complexity index is 637. The number of benzene rings is 1. The molecule has 1 aromatic rings. The number of carbonyl (C=O) groups excluding carboxylic acids is 1. The van der Waals surface area contributed by atoms with Crippen LogP contribution < -0.4 is 15.5 Å². The highest BCUT2D eigenvalue weighted by molar-refractivity contribution is 7.99. The quantitative estimate of drug-likeness (QED) is 0.691. The van der Waals surface area contributed by atoms with Gasteiger partial charge in [-0.25, -0.2) is 0 Å². The molecule has 1 aromatic carbocycles. The number of piperidine rings is 1. The molecule has 0 radical (unpaired) electrons. The minimum Gasteiger partial charge on any atom is -0.370 e. The van der Waals surface area contributed by atoms with E-state index in [0.717, 1.165) is 62.5 Å². The Labute approximate surface area is 180 Å². The predicted molar refractivity (Wildman–Crippen MR) is 114 cm³/mol. The minimum atomic E-state index is -4.43. The SMILES string of the molecule is Cl.Cl.O=C(CC1CSCCN1)Nc1cc(C(F)(F)F)ccc1N1CCCCC1. The van der Waals surface area contributed by atoms with Crippen LogP contribution in [0.4, 0.5) is 24.5 Å². The molecule has 4 nitrogen and oxygen atoms in total. The normalized spacial score (nSPS) is 20.0. The molecule has 1 amide bonds. The van der Waals surface area contributed by atoms with Crippen LogP contribution in [0.5, 0.6) is 0 Å². The first-order valence-electron chi connectivity index (χ1n) is 9.00. The first kappa shape index (κ1) is 25.2. The number of nitrogens with one attached hydrogen (secondary N) is 2. The minimum absolute atomic E-state index is 0.